The maximum absolute atomic E-state index is 11.8. The number of hydrogen-bond acceptors (Lipinski definition) is 4. The minimum Gasteiger partial charge on any atom is -0.469 e. The smallest absolute Gasteiger partial charge is 0.411 e. The highest BCUT2D eigenvalue weighted by molar-refractivity contribution is 5.77. The first-order valence-electron chi connectivity index (χ1n) is 5.63. The number of halogens is 3. The van der Waals surface area contributed by atoms with Gasteiger partial charge in [0.15, 0.2) is 0 Å². The summed E-state index contributed by atoms with van der Waals surface area (Å²) in [6.07, 6.45) is -4.56. The van der Waals surface area contributed by atoms with E-state index in [1.165, 1.54) is 19.1 Å². The normalized spacial score (nSPS) is 12.9. The second-order valence-electron chi connectivity index (χ2n) is 4.12. The van der Waals surface area contributed by atoms with Crippen molar-refractivity contribution in [1.82, 2.24) is 4.90 Å². The lowest BCUT2D eigenvalue weighted by atomic mass is 10.1. The van der Waals surface area contributed by atoms with E-state index < -0.39 is 30.6 Å². The highest BCUT2D eigenvalue weighted by Gasteiger charge is 2.27. The van der Waals surface area contributed by atoms with Crippen LogP contribution >= 0.6 is 0 Å². The van der Waals surface area contributed by atoms with E-state index in [2.05, 4.69) is 9.47 Å². The molecule has 0 aromatic rings. The van der Waals surface area contributed by atoms with Gasteiger partial charge in [-0.2, -0.15) is 13.2 Å². The number of carbonyl (C=O) groups is 2. The third kappa shape index (κ3) is 8.41. The quantitative estimate of drug-likeness (QED) is 0.521. The molecular weight excluding hydrogens is 267 g/mol. The Morgan fingerprint density at radius 2 is 1.89 bits per heavy atom. The number of amides is 1. The first-order valence-corrected chi connectivity index (χ1v) is 5.63. The molecule has 0 aromatic carbocycles. The predicted molar refractivity (Wildman–Crippen MR) is 60.3 cm³/mol. The zero-order valence-corrected chi connectivity index (χ0v) is 11.1. The van der Waals surface area contributed by atoms with E-state index in [1.54, 1.807) is 6.92 Å². The van der Waals surface area contributed by atoms with Crippen LogP contribution in [0, 0.1) is 5.92 Å². The van der Waals surface area contributed by atoms with E-state index in [1.807, 2.05) is 0 Å². The van der Waals surface area contributed by atoms with E-state index in [0.717, 1.165) is 0 Å². The summed E-state index contributed by atoms with van der Waals surface area (Å²) in [6, 6.07) is 0. The fraction of sp³-hybridized carbons (Fsp3) is 0.818. The Balaban J connectivity index is 3.91. The number of nitrogens with zero attached hydrogens (tertiary/aromatic N) is 1. The van der Waals surface area contributed by atoms with Crippen LogP contribution in [0.1, 0.15) is 13.3 Å². The molecule has 19 heavy (non-hydrogen) atoms. The van der Waals surface area contributed by atoms with Gasteiger partial charge in [-0.15, -0.1) is 0 Å². The van der Waals surface area contributed by atoms with Crippen molar-refractivity contribution in [2.45, 2.75) is 19.5 Å². The zero-order chi connectivity index (χ0) is 15.1. The molecule has 0 saturated carbocycles. The minimum atomic E-state index is -4.39. The molecule has 0 spiro atoms. The number of alkyl halides is 3. The van der Waals surface area contributed by atoms with Gasteiger partial charge in [0, 0.05) is 13.6 Å². The molecule has 5 nitrogen and oxygen atoms in total. The number of esters is 1. The Kier molecular flexibility index (Phi) is 7.43. The molecule has 0 aliphatic heterocycles. The van der Waals surface area contributed by atoms with Crippen LogP contribution in [0.25, 0.3) is 0 Å². The average molecular weight is 285 g/mol. The summed E-state index contributed by atoms with van der Waals surface area (Å²) in [4.78, 5) is 23.9. The van der Waals surface area contributed by atoms with Gasteiger partial charge < -0.3 is 14.4 Å². The molecule has 0 radical (unpaired) electrons. The van der Waals surface area contributed by atoms with Crippen LogP contribution < -0.4 is 0 Å². The van der Waals surface area contributed by atoms with Crippen molar-refractivity contribution in [1.29, 1.82) is 0 Å². The van der Waals surface area contributed by atoms with Crippen molar-refractivity contribution in [2.75, 3.05) is 33.9 Å². The molecule has 8 heteroatoms. The molecule has 0 fully saturated rings. The number of carbonyl (C=O) groups excluding carboxylic acids is 2. The second kappa shape index (κ2) is 7.98. The van der Waals surface area contributed by atoms with Gasteiger partial charge in [-0.25, -0.2) is 0 Å². The molecule has 112 valence electrons. The second-order valence-corrected chi connectivity index (χ2v) is 4.12. The van der Waals surface area contributed by atoms with E-state index >= 15 is 0 Å². The molecular formula is C11H18F3NO4. The molecule has 0 aliphatic carbocycles. The van der Waals surface area contributed by atoms with Gasteiger partial charge in [0.1, 0.15) is 6.61 Å². The standard InChI is InChI=1S/C11H18F3NO4/c1-8(10(17)18-3)6-15(2)9(16)4-5-19-7-11(12,13)14/h8H,4-7H2,1-3H3. The van der Waals surface area contributed by atoms with E-state index in [0.29, 0.717) is 0 Å². The Morgan fingerprint density at radius 1 is 1.32 bits per heavy atom. The molecule has 0 heterocycles. The molecule has 1 atom stereocenters. The molecule has 0 saturated heterocycles. The van der Waals surface area contributed by atoms with Gasteiger partial charge in [-0.3, -0.25) is 9.59 Å². The Morgan fingerprint density at radius 3 is 2.37 bits per heavy atom. The molecule has 0 bridgehead atoms. The van der Waals surface area contributed by atoms with Crippen LogP contribution in [0.3, 0.4) is 0 Å². The first kappa shape index (κ1) is 17.7. The summed E-state index contributed by atoms with van der Waals surface area (Å²) in [7, 11) is 2.71. The Hall–Kier alpha value is -1.31. The van der Waals surface area contributed by atoms with Gasteiger partial charge in [-0.1, -0.05) is 6.92 Å². The summed E-state index contributed by atoms with van der Waals surface area (Å²) >= 11 is 0. The van der Waals surface area contributed by atoms with Crippen LogP contribution in [0.4, 0.5) is 13.2 Å². The van der Waals surface area contributed by atoms with E-state index in [4.69, 9.17) is 0 Å². The van der Waals surface area contributed by atoms with Gasteiger partial charge in [0.2, 0.25) is 5.91 Å². The zero-order valence-electron chi connectivity index (χ0n) is 11.1. The van der Waals surface area contributed by atoms with Crippen molar-refractivity contribution in [3.63, 3.8) is 0 Å². The maximum atomic E-state index is 11.8. The maximum Gasteiger partial charge on any atom is 0.411 e. The Bertz CT molecular complexity index is 307. The Labute approximate surface area is 109 Å². The summed E-state index contributed by atoms with van der Waals surface area (Å²) in [5.41, 5.74) is 0. The largest absolute Gasteiger partial charge is 0.469 e. The van der Waals surface area contributed by atoms with Crippen molar-refractivity contribution in [3.8, 4) is 0 Å². The van der Waals surface area contributed by atoms with Gasteiger partial charge in [0.25, 0.3) is 0 Å². The van der Waals surface area contributed by atoms with Crippen LogP contribution in [-0.2, 0) is 19.1 Å². The van der Waals surface area contributed by atoms with Crippen molar-refractivity contribution in [2.24, 2.45) is 5.92 Å². The molecule has 0 aromatic heterocycles. The fourth-order valence-corrected chi connectivity index (χ4v) is 1.33. The third-order valence-electron chi connectivity index (χ3n) is 2.30. The number of hydrogen-bond donors (Lipinski definition) is 0. The minimum absolute atomic E-state index is 0.144. The van der Waals surface area contributed by atoms with Crippen LogP contribution in [-0.4, -0.2) is 56.9 Å². The molecule has 0 rings (SSSR count). The number of methoxy groups -OCH3 is 1. The molecule has 0 N–H and O–H groups in total. The van der Waals surface area contributed by atoms with Gasteiger partial charge in [-0.05, 0) is 0 Å². The summed E-state index contributed by atoms with van der Waals surface area (Å²) in [5.74, 6) is -1.33. The average Bonchev–Trinajstić information content (AvgIpc) is 2.31. The summed E-state index contributed by atoms with van der Waals surface area (Å²) in [6.45, 7) is 0.0540. The fourth-order valence-electron chi connectivity index (χ4n) is 1.33. The van der Waals surface area contributed by atoms with Crippen molar-refractivity contribution >= 4 is 11.9 Å². The highest BCUT2D eigenvalue weighted by Crippen LogP contribution is 2.14. The van der Waals surface area contributed by atoms with Crippen LogP contribution in [0.5, 0.6) is 0 Å². The SMILES string of the molecule is COC(=O)C(C)CN(C)C(=O)CCOCC(F)(F)F. The monoisotopic (exact) mass is 285 g/mol. The van der Waals surface area contributed by atoms with E-state index in [-0.39, 0.29) is 19.6 Å². The highest BCUT2D eigenvalue weighted by atomic mass is 19.4. The summed E-state index contributed by atoms with van der Waals surface area (Å²) in [5, 5.41) is 0. The number of rotatable bonds is 7. The summed E-state index contributed by atoms with van der Waals surface area (Å²) < 4.78 is 44.1. The van der Waals surface area contributed by atoms with Crippen molar-refractivity contribution < 1.29 is 32.2 Å². The van der Waals surface area contributed by atoms with Gasteiger partial charge in [0.05, 0.1) is 26.1 Å². The van der Waals surface area contributed by atoms with Crippen molar-refractivity contribution in [3.05, 3.63) is 0 Å². The van der Waals surface area contributed by atoms with Crippen LogP contribution in [0.15, 0.2) is 0 Å². The molecule has 1 unspecified atom stereocenters. The lowest BCUT2D eigenvalue weighted by Crippen LogP contribution is -2.34. The first-order chi connectivity index (χ1) is 8.67. The lowest BCUT2D eigenvalue weighted by molar-refractivity contribution is -0.175. The number of ether oxygens (including phenoxy) is 2. The third-order valence-corrected chi connectivity index (χ3v) is 2.30. The lowest BCUT2D eigenvalue weighted by Gasteiger charge is -2.20. The topological polar surface area (TPSA) is 55.8 Å². The molecule has 1 amide bonds. The van der Waals surface area contributed by atoms with E-state index in [9.17, 15) is 22.8 Å². The van der Waals surface area contributed by atoms with Crippen LogP contribution in [0.2, 0.25) is 0 Å². The molecule has 0 aliphatic rings. The predicted octanol–water partition coefficient (Wildman–Crippen LogP) is 1.22. The van der Waals surface area contributed by atoms with Gasteiger partial charge >= 0.3 is 12.1 Å².